The number of rotatable bonds is 5. The minimum absolute atomic E-state index is 0.0902. The Hall–Kier alpha value is -0.680. The summed E-state index contributed by atoms with van der Waals surface area (Å²) in [6.45, 7) is 6.95. The third-order valence-electron chi connectivity index (χ3n) is 2.22. The van der Waals surface area contributed by atoms with Crippen molar-refractivity contribution >= 4 is 0 Å². The molecule has 0 amide bonds. The summed E-state index contributed by atoms with van der Waals surface area (Å²) in [5.74, 6) is 0. The van der Waals surface area contributed by atoms with Crippen molar-refractivity contribution in [3.05, 3.63) is 24.3 Å². The topological polar surface area (TPSA) is 53.5 Å². The molecule has 0 fully saturated rings. The summed E-state index contributed by atoms with van der Waals surface area (Å²) >= 11 is 0. The van der Waals surface area contributed by atoms with Crippen LogP contribution >= 0.6 is 0 Å². The molecule has 3 N–H and O–H groups in total. The lowest BCUT2D eigenvalue weighted by atomic mass is 10.0. The zero-order chi connectivity index (χ0) is 10.4. The maximum atomic E-state index is 8.99. The Bertz CT molecular complexity index is 216. The molecule has 0 aliphatic carbocycles. The van der Waals surface area contributed by atoms with E-state index in [0.717, 1.165) is 12.1 Å². The van der Waals surface area contributed by atoms with Crippen molar-refractivity contribution in [3.8, 4) is 0 Å². The monoisotopic (exact) mass is 198 g/mol. The van der Waals surface area contributed by atoms with Crippen LogP contribution in [-0.4, -0.2) is 36.9 Å². The van der Waals surface area contributed by atoms with Crippen LogP contribution in [0.3, 0.4) is 0 Å². The lowest BCUT2D eigenvalue weighted by Gasteiger charge is -2.27. The summed E-state index contributed by atoms with van der Waals surface area (Å²) in [6, 6.07) is 0.255. The van der Waals surface area contributed by atoms with Gasteiger partial charge >= 0.3 is 0 Å². The van der Waals surface area contributed by atoms with Crippen LogP contribution in [-0.2, 0) is 4.84 Å². The number of nitrogens with one attached hydrogen (secondary N) is 2. The van der Waals surface area contributed by atoms with Gasteiger partial charge in [0, 0.05) is 6.54 Å². The highest BCUT2D eigenvalue weighted by Crippen LogP contribution is 2.07. The zero-order valence-electron chi connectivity index (χ0n) is 8.49. The molecular formula is C10H18N2O2. The van der Waals surface area contributed by atoms with Crippen LogP contribution in [0.15, 0.2) is 24.3 Å². The molecular weight excluding hydrogens is 180 g/mol. The molecule has 0 radical (unpaired) electrons. The minimum atomic E-state index is 0.0902. The van der Waals surface area contributed by atoms with Crippen LogP contribution in [0.2, 0.25) is 0 Å². The number of aliphatic hydroxyl groups is 1. The van der Waals surface area contributed by atoms with Gasteiger partial charge in [0.15, 0.2) is 0 Å². The maximum absolute atomic E-state index is 8.99. The molecule has 0 unspecified atom stereocenters. The summed E-state index contributed by atoms with van der Waals surface area (Å²) in [5, 5.41) is 12.2. The largest absolute Gasteiger partial charge is 0.394 e. The Morgan fingerprint density at radius 1 is 1.86 bits per heavy atom. The van der Waals surface area contributed by atoms with Gasteiger partial charge in [-0.25, -0.2) is 0 Å². The number of hydrogen-bond acceptors (Lipinski definition) is 4. The van der Waals surface area contributed by atoms with Crippen molar-refractivity contribution in [1.29, 1.82) is 0 Å². The second-order valence-corrected chi connectivity index (χ2v) is 3.38. The van der Waals surface area contributed by atoms with E-state index in [1.54, 1.807) is 6.08 Å². The third kappa shape index (κ3) is 3.23. The van der Waals surface area contributed by atoms with E-state index in [1.165, 1.54) is 0 Å². The minimum Gasteiger partial charge on any atom is -0.394 e. The Morgan fingerprint density at radius 2 is 2.64 bits per heavy atom. The first kappa shape index (κ1) is 11.4. The molecule has 1 rings (SSSR count). The number of hydroxylamine groups is 1. The maximum Gasteiger partial charge on any atom is 0.0861 e. The molecule has 0 bridgehead atoms. The van der Waals surface area contributed by atoms with E-state index in [9.17, 15) is 0 Å². The smallest absolute Gasteiger partial charge is 0.0861 e. The van der Waals surface area contributed by atoms with Gasteiger partial charge in [-0.2, -0.15) is 5.48 Å². The first-order valence-corrected chi connectivity index (χ1v) is 4.78. The van der Waals surface area contributed by atoms with Crippen LogP contribution in [0.1, 0.15) is 6.92 Å². The Labute approximate surface area is 84.6 Å². The number of hydrogen-bond donors (Lipinski definition) is 3. The van der Waals surface area contributed by atoms with Gasteiger partial charge in [0.2, 0.25) is 0 Å². The van der Waals surface area contributed by atoms with Gasteiger partial charge in [0.1, 0.15) is 0 Å². The van der Waals surface area contributed by atoms with E-state index in [2.05, 4.69) is 23.5 Å². The van der Waals surface area contributed by atoms with Crippen molar-refractivity contribution in [3.63, 3.8) is 0 Å². The second kappa shape index (κ2) is 5.93. The summed E-state index contributed by atoms with van der Waals surface area (Å²) in [4.78, 5) is 5.12. The highest BCUT2D eigenvalue weighted by Gasteiger charge is 2.18. The predicted molar refractivity (Wildman–Crippen MR) is 55.7 cm³/mol. The van der Waals surface area contributed by atoms with Gasteiger partial charge in [-0.3, -0.25) is 4.84 Å². The average molecular weight is 198 g/mol. The van der Waals surface area contributed by atoms with Crippen molar-refractivity contribution in [1.82, 2.24) is 10.8 Å². The molecule has 80 valence electrons. The standard InChI is InChI=1S/C10H18N2O2/c1-3-4-14-12-9-5-8(2)10(7-13)11-6-9/h3,5,9-13H,1,4,6-7H2,2H3/t9-,10-/m1/s1. The van der Waals surface area contributed by atoms with Gasteiger partial charge in [-0.15, -0.1) is 6.58 Å². The average Bonchev–Trinajstić information content (AvgIpc) is 2.18. The van der Waals surface area contributed by atoms with Gasteiger partial charge in [-0.05, 0) is 6.92 Å². The fourth-order valence-corrected chi connectivity index (χ4v) is 1.42. The van der Waals surface area contributed by atoms with Gasteiger partial charge in [0.25, 0.3) is 0 Å². The number of aliphatic hydroxyl groups excluding tert-OH is 1. The molecule has 0 saturated carbocycles. The van der Waals surface area contributed by atoms with Gasteiger partial charge < -0.3 is 10.4 Å². The van der Waals surface area contributed by atoms with Crippen LogP contribution in [0, 0.1) is 0 Å². The first-order valence-electron chi connectivity index (χ1n) is 4.78. The summed E-state index contributed by atoms with van der Waals surface area (Å²) < 4.78 is 0. The fourth-order valence-electron chi connectivity index (χ4n) is 1.42. The van der Waals surface area contributed by atoms with Crippen LogP contribution in [0.4, 0.5) is 0 Å². The van der Waals surface area contributed by atoms with Gasteiger partial charge in [0.05, 0.1) is 25.3 Å². The lowest BCUT2D eigenvalue weighted by Crippen LogP contribution is -2.47. The molecule has 1 aliphatic heterocycles. The van der Waals surface area contributed by atoms with E-state index < -0.39 is 0 Å². The third-order valence-corrected chi connectivity index (χ3v) is 2.22. The van der Waals surface area contributed by atoms with Crippen LogP contribution in [0.5, 0.6) is 0 Å². The molecule has 2 atom stereocenters. The molecule has 0 spiro atoms. The zero-order valence-corrected chi connectivity index (χ0v) is 8.49. The van der Waals surface area contributed by atoms with Crippen molar-refractivity contribution < 1.29 is 9.94 Å². The molecule has 0 aromatic carbocycles. The van der Waals surface area contributed by atoms with Gasteiger partial charge in [-0.1, -0.05) is 17.7 Å². The Kier molecular flexibility index (Phi) is 4.82. The molecule has 0 saturated heterocycles. The Morgan fingerprint density at radius 3 is 3.21 bits per heavy atom. The predicted octanol–water partition coefficient (Wildman–Crippen LogP) is -0.0274. The molecule has 14 heavy (non-hydrogen) atoms. The molecule has 0 aromatic heterocycles. The molecule has 1 aliphatic rings. The van der Waals surface area contributed by atoms with Crippen LogP contribution in [0.25, 0.3) is 0 Å². The summed E-state index contributed by atoms with van der Waals surface area (Å²) in [7, 11) is 0. The van der Waals surface area contributed by atoms with E-state index in [0.29, 0.717) is 6.61 Å². The van der Waals surface area contributed by atoms with E-state index in [-0.39, 0.29) is 18.7 Å². The van der Waals surface area contributed by atoms with E-state index >= 15 is 0 Å². The lowest BCUT2D eigenvalue weighted by molar-refractivity contribution is 0.0435. The highest BCUT2D eigenvalue weighted by atomic mass is 16.6. The van der Waals surface area contributed by atoms with Crippen molar-refractivity contribution in [2.75, 3.05) is 19.8 Å². The summed E-state index contributed by atoms with van der Waals surface area (Å²) in [5.41, 5.74) is 4.04. The van der Waals surface area contributed by atoms with E-state index in [1.807, 2.05) is 6.92 Å². The van der Waals surface area contributed by atoms with Crippen LogP contribution < -0.4 is 10.8 Å². The Balaban J connectivity index is 2.35. The fraction of sp³-hybridized carbons (Fsp3) is 0.600. The highest BCUT2D eigenvalue weighted by molar-refractivity contribution is 5.15. The summed E-state index contributed by atoms with van der Waals surface area (Å²) in [6.07, 6.45) is 3.76. The second-order valence-electron chi connectivity index (χ2n) is 3.38. The molecule has 1 heterocycles. The van der Waals surface area contributed by atoms with Crippen molar-refractivity contribution in [2.45, 2.75) is 19.0 Å². The quantitative estimate of drug-likeness (QED) is 0.330. The molecule has 0 aromatic rings. The molecule has 4 nitrogen and oxygen atoms in total. The normalized spacial score (nSPS) is 27.1. The van der Waals surface area contributed by atoms with E-state index in [4.69, 9.17) is 9.94 Å². The van der Waals surface area contributed by atoms with Crippen molar-refractivity contribution in [2.24, 2.45) is 0 Å². The first-order chi connectivity index (χ1) is 6.77. The molecule has 4 heteroatoms. The SMILES string of the molecule is C=CCON[C@@H]1C=C(C)[C@@H](CO)NC1.